The van der Waals surface area contributed by atoms with Gasteiger partial charge in [0.25, 0.3) is 0 Å². The molecule has 6 nitrogen and oxygen atoms in total. The van der Waals surface area contributed by atoms with E-state index in [1.165, 1.54) is 23.9 Å². The van der Waals surface area contributed by atoms with Gasteiger partial charge in [0, 0.05) is 37.9 Å². The number of para-hydroxylation sites is 1. The van der Waals surface area contributed by atoms with E-state index in [1.54, 1.807) is 7.11 Å². The molecule has 0 aliphatic rings. The van der Waals surface area contributed by atoms with Crippen LogP contribution in [0.5, 0.6) is 0 Å². The third-order valence-electron chi connectivity index (χ3n) is 5.05. The van der Waals surface area contributed by atoms with Gasteiger partial charge in [0.15, 0.2) is 5.16 Å². The van der Waals surface area contributed by atoms with E-state index in [0.717, 1.165) is 35.6 Å². The van der Waals surface area contributed by atoms with Gasteiger partial charge in [-0.2, -0.15) is 13.2 Å². The van der Waals surface area contributed by atoms with Crippen molar-refractivity contribution in [2.45, 2.75) is 42.8 Å². The van der Waals surface area contributed by atoms with E-state index in [0.29, 0.717) is 43.3 Å². The Morgan fingerprint density at radius 2 is 1.79 bits per heavy atom. The van der Waals surface area contributed by atoms with E-state index in [9.17, 15) is 18.0 Å². The summed E-state index contributed by atoms with van der Waals surface area (Å²) in [7, 11) is 1.59. The second kappa shape index (κ2) is 12.6. The van der Waals surface area contributed by atoms with Crippen LogP contribution in [0, 0.1) is 0 Å². The third-order valence-corrected chi connectivity index (χ3v) is 6.05. The van der Waals surface area contributed by atoms with Gasteiger partial charge in [0.05, 0.1) is 12.2 Å². The van der Waals surface area contributed by atoms with Gasteiger partial charge in [-0.3, -0.25) is 9.36 Å². The number of thioether (sulfide) groups is 1. The Bertz CT molecular complexity index is 1040. The van der Waals surface area contributed by atoms with Crippen LogP contribution >= 0.6 is 11.8 Å². The minimum atomic E-state index is -4.35. The number of nitrogens with zero attached hydrogens (tertiary/aromatic N) is 3. The van der Waals surface area contributed by atoms with E-state index < -0.39 is 11.7 Å². The van der Waals surface area contributed by atoms with Crippen molar-refractivity contribution in [3.05, 3.63) is 71.5 Å². The van der Waals surface area contributed by atoms with E-state index >= 15 is 0 Å². The lowest BCUT2D eigenvalue weighted by atomic mass is 10.1. The van der Waals surface area contributed by atoms with Crippen LogP contribution in [0.1, 0.15) is 36.2 Å². The minimum absolute atomic E-state index is 0.00522. The summed E-state index contributed by atoms with van der Waals surface area (Å²) in [6.45, 7) is 0.982. The predicted molar refractivity (Wildman–Crippen MR) is 125 cm³/mol. The number of benzene rings is 2. The number of hydrogen-bond donors (Lipinski definition) is 1. The molecule has 34 heavy (non-hydrogen) atoms. The Balaban J connectivity index is 1.63. The van der Waals surface area contributed by atoms with Gasteiger partial charge >= 0.3 is 6.18 Å². The molecule has 0 spiro atoms. The van der Waals surface area contributed by atoms with Crippen molar-refractivity contribution in [1.82, 2.24) is 20.1 Å². The first-order valence-electron chi connectivity index (χ1n) is 10.9. The summed E-state index contributed by atoms with van der Waals surface area (Å²) in [5, 5.41) is 12.2. The zero-order valence-corrected chi connectivity index (χ0v) is 19.7. The zero-order valence-electron chi connectivity index (χ0n) is 18.8. The molecule has 0 aliphatic carbocycles. The normalized spacial score (nSPS) is 11.5. The molecule has 0 atom stereocenters. The van der Waals surface area contributed by atoms with Crippen molar-refractivity contribution in [2.75, 3.05) is 20.3 Å². The summed E-state index contributed by atoms with van der Waals surface area (Å²) in [5.41, 5.74) is 1.01. The Morgan fingerprint density at radius 3 is 2.47 bits per heavy atom. The Hall–Kier alpha value is -2.85. The molecule has 1 aromatic heterocycles. The standard InChI is InChI=1S/C24H27F3N4O2S/c1-33-16-15-28-22(32)10-6-5-9-21-29-30-23(31(21)20-7-3-2-4-8-20)34-17-18-11-13-19(14-12-18)24(25,26)27/h2-4,7-8,11-14H,5-6,9-10,15-17H2,1H3,(H,28,32). The number of carbonyl (C=O) groups is 1. The third kappa shape index (κ3) is 7.59. The van der Waals surface area contributed by atoms with Crippen LogP contribution in [0.25, 0.3) is 5.69 Å². The minimum Gasteiger partial charge on any atom is -0.383 e. The topological polar surface area (TPSA) is 69.0 Å². The molecule has 2 aromatic carbocycles. The zero-order chi connectivity index (χ0) is 24.4. The van der Waals surface area contributed by atoms with E-state index in [2.05, 4.69) is 15.5 Å². The summed E-state index contributed by atoms with van der Waals surface area (Å²) in [6.07, 6.45) is -1.79. The molecule has 182 valence electrons. The predicted octanol–water partition coefficient (Wildman–Crippen LogP) is 5.05. The summed E-state index contributed by atoms with van der Waals surface area (Å²) < 4.78 is 45.3. The highest BCUT2D eigenvalue weighted by Crippen LogP contribution is 2.31. The molecule has 3 rings (SSSR count). The number of aromatic nitrogens is 3. The number of rotatable bonds is 12. The Morgan fingerprint density at radius 1 is 1.06 bits per heavy atom. The second-order valence-electron chi connectivity index (χ2n) is 7.60. The molecular formula is C24H27F3N4O2S. The van der Waals surface area contributed by atoms with Gasteiger partial charge in [0.2, 0.25) is 5.91 Å². The quantitative estimate of drug-likeness (QED) is 0.283. The first kappa shape index (κ1) is 25.8. The number of aryl methyl sites for hydroxylation is 1. The second-order valence-corrected chi connectivity index (χ2v) is 8.55. The fourth-order valence-electron chi connectivity index (χ4n) is 3.28. The van der Waals surface area contributed by atoms with Crippen LogP contribution in [0.4, 0.5) is 13.2 Å². The average Bonchev–Trinajstić information content (AvgIpc) is 3.23. The smallest absolute Gasteiger partial charge is 0.383 e. The summed E-state index contributed by atoms with van der Waals surface area (Å²) in [6, 6.07) is 14.8. The lowest BCUT2D eigenvalue weighted by Gasteiger charge is -2.11. The highest BCUT2D eigenvalue weighted by molar-refractivity contribution is 7.98. The van der Waals surface area contributed by atoms with Gasteiger partial charge in [-0.05, 0) is 42.7 Å². The fraction of sp³-hybridized carbons (Fsp3) is 0.375. The molecule has 0 saturated carbocycles. The van der Waals surface area contributed by atoms with Crippen LogP contribution in [0.3, 0.4) is 0 Å². The Kier molecular flexibility index (Phi) is 9.52. The van der Waals surface area contributed by atoms with Crippen LogP contribution in [0.2, 0.25) is 0 Å². The summed E-state index contributed by atoms with van der Waals surface area (Å²) >= 11 is 1.42. The molecule has 0 unspecified atom stereocenters. The first-order valence-corrected chi connectivity index (χ1v) is 11.9. The van der Waals surface area contributed by atoms with E-state index in [4.69, 9.17) is 4.74 Å². The van der Waals surface area contributed by atoms with Crippen molar-refractivity contribution in [1.29, 1.82) is 0 Å². The maximum absolute atomic E-state index is 12.8. The maximum atomic E-state index is 12.8. The van der Waals surface area contributed by atoms with Crippen LogP contribution < -0.4 is 5.32 Å². The maximum Gasteiger partial charge on any atom is 0.416 e. The fourth-order valence-corrected chi connectivity index (χ4v) is 4.21. The van der Waals surface area contributed by atoms with Crippen LogP contribution in [-0.2, 0) is 27.9 Å². The van der Waals surface area contributed by atoms with Crippen molar-refractivity contribution < 1.29 is 22.7 Å². The number of nitrogens with one attached hydrogen (secondary N) is 1. The number of halogens is 3. The molecule has 0 saturated heterocycles. The molecule has 0 aliphatic heterocycles. The van der Waals surface area contributed by atoms with Crippen molar-refractivity contribution in [2.24, 2.45) is 0 Å². The Labute approximate surface area is 200 Å². The molecule has 1 heterocycles. The number of carbonyl (C=O) groups excluding carboxylic acids is 1. The lowest BCUT2D eigenvalue weighted by Crippen LogP contribution is -2.26. The molecule has 0 radical (unpaired) electrons. The molecule has 0 fully saturated rings. The summed E-state index contributed by atoms with van der Waals surface area (Å²) in [5.74, 6) is 1.24. The molecule has 1 amide bonds. The highest BCUT2D eigenvalue weighted by Gasteiger charge is 2.29. The average molecular weight is 493 g/mol. The van der Waals surface area contributed by atoms with E-state index in [1.807, 2.05) is 34.9 Å². The largest absolute Gasteiger partial charge is 0.416 e. The SMILES string of the molecule is COCCNC(=O)CCCCc1nnc(SCc2ccc(C(F)(F)F)cc2)n1-c1ccccc1. The van der Waals surface area contributed by atoms with Crippen LogP contribution in [-0.4, -0.2) is 40.9 Å². The van der Waals surface area contributed by atoms with Gasteiger partial charge in [-0.25, -0.2) is 0 Å². The number of amides is 1. The first-order chi connectivity index (χ1) is 16.4. The van der Waals surface area contributed by atoms with Crippen molar-refractivity contribution in [3.8, 4) is 5.69 Å². The monoisotopic (exact) mass is 492 g/mol. The molecule has 3 aromatic rings. The van der Waals surface area contributed by atoms with Gasteiger partial charge in [-0.15, -0.1) is 10.2 Å². The number of alkyl halides is 3. The highest BCUT2D eigenvalue weighted by atomic mass is 32.2. The number of ether oxygens (including phenoxy) is 1. The van der Waals surface area contributed by atoms with Crippen molar-refractivity contribution in [3.63, 3.8) is 0 Å². The number of methoxy groups -OCH3 is 1. The van der Waals surface area contributed by atoms with E-state index in [-0.39, 0.29) is 5.91 Å². The number of unbranched alkanes of at least 4 members (excludes halogenated alkanes) is 1. The molecule has 10 heteroatoms. The molecule has 1 N–H and O–H groups in total. The van der Waals surface area contributed by atoms with Crippen molar-refractivity contribution >= 4 is 17.7 Å². The summed E-state index contributed by atoms with van der Waals surface area (Å²) in [4.78, 5) is 11.9. The molecular weight excluding hydrogens is 465 g/mol. The van der Waals surface area contributed by atoms with Gasteiger partial charge < -0.3 is 10.1 Å². The van der Waals surface area contributed by atoms with Gasteiger partial charge in [-0.1, -0.05) is 42.1 Å². The molecule has 0 bridgehead atoms. The van der Waals surface area contributed by atoms with Crippen LogP contribution in [0.15, 0.2) is 59.8 Å². The lowest BCUT2D eigenvalue weighted by molar-refractivity contribution is -0.137. The number of hydrogen-bond acceptors (Lipinski definition) is 5. The van der Waals surface area contributed by atoms with Gasteiger partial charge in [0.1, 0.15) is 5.82 Å².